The van der Waals surface area contributed by atoms with Gasteiger partial charge in [0, 0.05) is 94.6 Å². The van der Waals surface area contributed by atoms with E-state index in [9.17, 15) is 19.5 Å². The monoisotopic (exact) mass is 738 g/mol. The Morgan fingerprint density at radius 1 is 0.774 bits per heavy atom. The fraction of sp³-hybridized carbons (Fsp3) is 0.395. The molecule has 6 rings (SSSR count). The Hall–Kier alpha value is -4.96. The van der Waals surface area contributed by atoms with Gasteiger partial charge in [-0.25, -0.2) is 4.79 Å². The Kier molecular flexibility index (Phi) is 13.7. The van der Waals surface area contributed by atoms with Crippen molar-refractivity contribution in [2.75, 3.05) is 31.9 Å². The zero-order chi connectivity index (χ0) is 36.8. The minimum Gasteiger partial charge on any atom is -0.390 e. The molecule has 4 amide bonds. The van der Waals surface area contributed by atoms with Gasteiger partial charge in [-0.05, 0) is 55.0 Å². The molecule has 0 bridgehead atoms. The lowest BCUT2D eigenvalue weighted by Gasteiger charge is -2.29. The number of nitrogens with one attached hydrogen (secondary N) is 4. The van der Waals surface area contributed by atoms with Gasteiger partial charge in [-0.15, -0.1) is 0 Å². The molecule has 53 heavy (non-hydrogen) atoms. The SMILES string of the molecule is O=C(CC[C@@H]1SC[C@@H]2NC(=O)N[C@@H]21)NCCNC(=O)c1ccc(CN(Cc2ccccn2)CC(O)CN(Cc2ccccn2)Cc2ccccn2)nc1. The quantitative estimate of drug-likeness (QED) is 0.0704. The molecule has 0 spiro atoms. The van der Waals surface area contributed by atoms with Crippen molar-refractivity contribution in [3.63, 3.8) is 0 Å². The van der Waals surface area contributed by atoms with E-state index in [0.29, 0.717) is 64.2 Å². The van der Waals surface area contributed by atoms with Gasteiger partial charge in [0.2, 0.25) is 5.91 Å². The molecular weight excluding hydrogens is 693 g/mol. The standard InChI is InChI=1S/C38H46N10O4S/c49-32(24-47(20-28-7-1-4-14-39-28)21-29-8-2-5-15-40-29)25-48(22-30-9-3-6-16-41-30)23-31-11-10-27(19-44-31)37(51)43-18-17-42-35(50)13-12-34-36-33(26-53-34)45-38(52)46-36/h1-11,14-16,19,32-34,36,49H,12-13,17-18,20-26H2,(H,42,50)(H,43,51)(H2,45,46,52)/t32?,33-,34-,36-/m0/s1. The van der Waals surface area contributed by atoms with Gasteiger partial charge in [-0.3, -0.25) is 39.3 Å². The number of urea groups is 1. The Morgan fingerprint density at radius 2 is 1.34 bits per heavy atom. The molecule has 1 unspecified atom stereocenters. The van der Waals surface area contributed by atoms with Crippen LogP contribution in [0.4, 0.5) is 4.79 Å². The number of aromatic nitrogens is 4. The van der Waals surface area contributed by atoms with E-state index in [4.69, 9.17) is 0 Å². The molecule has 2 fully saturated rings. The zero-order valence-electron chi connectivity index (χ0n) is 29.5. The smallest absolute Gasteiger partial charge is 0.315 e. The van der Waals surface area contributed by atoms with Crippen LogP contribution >= 0.6 is 11.8 Å². The maximum Gasteiger partial charge on any atom is 0.315 e. The lowest BCUT2D eigenvalue weighted by atomic mass is 10.0. The summed E-state index contributed by atoms with van der Waals surface area (Å²) in [6, 6.07) is 21.0. The van der Waals surface area contributed by atoms with Crippen LogP contribution in [0.3, 0.4) is 0 Å². The molecular formula is C38H46N10O4S. The van der Waals surface area contributed by atoms with Crippen LogP contribution in [0.25, 0.3) is 0 Å². The topological polar surface area (TPSA) is 178 Å². The second kappa shape index (κ2) is 19.2. The molecule has 4 atom stereocenters. The van der Waals surface area contributed by atoms with Gasteiger partial charge >= 0.3 is 6.03 Å². The maximum absolute atomic E-state index is 12.8. The molecule has 4 aromatic heterocycles. The normalized spacial score (nSPS) is 18.3. The van der Waals surface area contributed by atoms with Crippen LogP contribution in [0.15, 0.2) is 91.5 Å². The molecule has 2 aliphatic rings. The number of carbonyl (C=O) groups is 3. The second-order valence-corrected chi connectivity index (χ2v) is 14.5. The zero-order valence-corrected chi connectivity index (χ0v) is 30.3. The van der Waals surface area contributed by atoms with Crippen LogP contribution < -0.4 is 21.3 Å². The van der Waals surface area contributed by atoms with Crippen molar-refractivity contribution in [1.29, 1.82) is 0 Å². The average Bonchev–Trinajstić information content (AvgIpc) is 3.72. The molecule has 0 aliphatic carbocycles. The van der Waals surface area contributed by atoms with Crippen LogP contribution in [0.5, 0.6) is 0 Å². The van der Waals surface area contributed by atoms with Gasteiger partial charge in [0.05, 0.1) is 46.5 Å². The van der Waals surface area contributed by atoms with E-state index in [1.54, 1.807) is 42.6 Å². The van der Waals surface area contributed by atoms with Crippen LogP contribution in [0.2, 0.25) is 0 Å². The fourth-order valence-corrected chi connectivity index (χ4v) is 8.05. The Bertz CT molecular complexity index is 1720. The summed E-state index contributed by atoms with van der Waals surface area (Å²) in [5, 5.41) is 23.2. The molecule has 4 aromatic rings. The summed E-state index contributed by atoms with van der Waals surface area (Å²) in [5.74, 6) is 0.490. The molecule has 15 heteroatoms. The van der Waals surface area contributed by atoms with Gasteiger partial charge < -0.3 is 26.4 Å². The number of aliphatic hydroxyl groups is 1. The number of hydrogen-bond donors (Lipinski definition) is 5. The fourth-order valence-electron chi connectivity index (χ4n) is 6.55. The minimum atomic E-state index is -0.696. The molecule has 5 N–H and O–H groups in total. The number of thioether (sulfide) groups is 1. The van der Waals surface area contributed by atoms with Crippen molar-refractivity contribution in [2.45, 2.75) is 62.5 Å². The first-order chi connectivity index (χ1) is 25.9. The van der Waals surface area contributed by atoms with Crippen LogP contribution in [-0.2, 0) is 31.0 Å². The van der Waals surface area contributed by atoms with E-state index in [2.05, 4.69) is 51.0 Å². The lowest BCUT2D eigenvalue weighted by molar-refractivity contribution is -0.121. The minimum absolute atomic E-state index is 0.0670. The van der Waals surface area contributed by atoms with E-state index in [1.165, 1.54) is 0 Å². The molecule has 0 saturated carbocycles. The predicted molar refractivity (Wildman–Crippen MR) is 201 cm³/mol. The highest BCUT2D eigenvalue weighted by Gasteiger charge is 2.42. The maximum atomic E-state index is 12.8. The first-order valence-corrected chi connectivity index (χ1v) is 18.9. The largest absolute Gasteiger partial charge is 0.390 e. The Morgan fingerprint density at radius 3 is 1.87 bits per heavy atom. The number of rotatable bonds is 19. The molecule has 2 saturated heterocycles. The van der Waals surface area contributed by atoms with Gasteiger partial charge in [0.25, 0.3) is 5.91 Å². The van der Waals surface area contributed by atoms with E-state index in [-0.39, 0.29) is 41.7 Å². The van der Waals surface area contributed by atoms with Crippen LogP contribution in [0.1, 0.15) is 46.0 Å². The third-order valence-electron chi connectivity index (χ3n) is 9.07. The van der Waals surface area contributed by atoms with E-state index in [0.717, 1.165) is 28.5 Å². The van der Waals surface area contributed by atoms with Gasteiger partial charge in [-0.1, -0.05) is 18.2 Å². The van der Waals surface area contributed by atoms with Crippen molar-refractivity contribution in [3.05, 3.63) is 120 Å². The highest BCUT2D eigenvalue weighted by Crippen LogP contribution is 2.32. The average molecular weight is 739 g/mol. The number of fused-ring (bicyclic) bond motifs is 1. The predicted octanol–water partition coefficient (Wildman–Crippen LogP) is 2.12. The van der Waals surface area contributed by atoms with Crippen molar-refractivity contribution in [1.82, 2.24) is 51.0 Å². The molecule has 0 aromatic carbocycles. The summed E-state index contributed by atoms with van der Waals surface area (Å²) in [6.45, 7) is 3.42. The third-order valence-corrected chi connectivity index (χ3v) is 10.6. The van der Waals surface area contributed by atoms with Crippen molar-refractivity contribution in [2.24, 2.45) is 0 Å². The number of carbonyl (C=O) groups excluding carboxylic acids is 3. The molecule has 2 aliphatic heterocycles. The van der Waals surface area contributed by atoms with Gasteiger partial charge in [0.15, 0.2) is 0 Å². The van der Waals surface area contributed by atoms with Gasteiger partial charge in [-0.2, -0.15) is 11.8 Å². The lowest BCUT2D eigenvalue weighted by Crippen LogP contribution is -2.40. The summed E-state index contributed by atoms with van der Waals surface area (Å²) in [6.07, 6.45) is 7.18. The summed E-state index contributed by atoms with van der Waals surface area (Å²) in [5.41, 5.74) is 3.84. The van der Waals surface area contributed by atoms with Crippen LogP contribution in [-0.4, -0.2) is 108 Å². The van der Waals surface area contributed by atoms with E-state index >= 15 is 0 Å². The highest BCUT2D eigenvalue weighted by atomic mass is 32.2. The van der Waals surface area contributed by atoms with Crippen molar-refractivity contribution in [3.8, 4) is 0 Å². The number of nitrogens with zero attached hydrogens (tertiary/aromatic N) is 6. The third kappa shape index (κ3) is 11.8. The number of pyridine rings is 4. The first kappa shape index (κ1) is 37.8. The van der Waals surface area contributed by atoms with Crippen LogP contribution in [0, 0.1) is 0 Å². The molecule has 14 nitrogen and oxygen atoms in total. The van der Waals surface area contributed by atoms with Crippen molar-refractivity contribution < 1.29 is 19.5 Å². The van der Waals surface area contributed by atoms with Crippen molar-refractivity contribution >= 4 is 29.6 Å². The second-order valence-electron chi connectivity index (χ2n) is 13.3. The molecule has 6 heterocycles. The summed E-state index contributed by atoms with van der Waals surface area (Å²) >= 11 is 1.77. The number of amides is 4. The molecule has 0 radical (unpaired) electrons. The Balaban J connectivity index is 0.981. The first-order valence-electron chi connectivity index (χ1n) is 17.9. The summed E-state index contributed by atoms with van der Waals surface area (Å²) in [7, 11) is 0. The number of aliphatic hydroxyl groups excluding tert-OH is 1. The molecule has 278 valence electrons. The summed E-state index contributed by atoms with van der Waals surface area (Å²) in [4.78, 5) is 59.1. The highest BCUT2D eigenvalue weighted by molar-refractivity contribution is 8.00. The summed E-state index contributed by atoms with van der Waals surface area (Å²) < 4.78 is 0. The Labute approximate surface area is 313 Å². The van der Waals surface area contributed by atoms with E-state index < -0.39 is 6.10 Å². The van der Waals surface area contributed by atoms with E-state index in [1.807, 2.05) is 60.7 Å². The number of hydrogen-bond acceptors (Lipinski definition) is 11. The van der Waals surface area contributed by atoms with Gasteiger partial charge in [0.1, 0.15) is 0 Å².